The van der Waals surface area contributed by atoms with Gasteiger partial charge < -0.3 is 11.1 Å². The van der Waals surface area contributed by atoms with E-state index in [4.69, 9.17) is 5.73 Å². The highest BCUT2D eigenvalue weighted by Crippen LogP contribution is 2.13. The first-order chi connectivity index (χ1) is 8.35. The van der Waals surface area contributed by atoms with E-state index in [1.807, 2.05) is 0 Å². The standard InChI is InChI=1S/C11H17N3O3S/c1-8(11(15)13-2)14-18(16,17)7-9-5-3-4-6-10(9)12/h3-6,8,14H,7,12H2,1-2H3,(H,13,15). The van der Waals surface area contributed by atoms with Crippen molar-refractivity contribution in [3.8, 4) is 0 Å². The molecule has 0 aliphatic carbocycles. The quantitative estimate of drug-likeness (QED) is 0.647. The Morgan fingerprint density at radius 3 is 2.56 bits per heavy atom. The summed E-state index contributed by atoms with van der Waals surface area (Å²) in [5.41, 5.74) is 6.59. The second-order valence-corrected chi connectivity index (χ2v) is 5.67. The molecule has 0 spiro atoms. The minimum Gasteiger partial charge on any atom is -0.398 e. The number of para-hydroxylation sites is 1. The fourth-order valence-corrected chi connectivity index (χ4v) is 2.85. The van der Waals surface area contributed by atoms with Crippen molar-refractivity contribution in [3.05, 3.63) is 29.8 Å². The number of sulfonamides is 1. The van der Waals surface area contributed by atoms with E-state index in [1.165, 1.54) is 14.0 Å². The number of hydrogen-bond donors (Lipinski definition) is 3. The first kappa shape index (κ1) is 14.5. The van der Waals surface area contributed by atoms with Crippen LogP contribution in [-0.2, 0) is 20.6 Å². The van der Waals surface area contributed by atoms with Crippen LogP contribution in [-0.4, -0.2) is 27.4 Å². The van der Waals surface area contributed by atoms with Crippen LogP contribution in [0.1, 0.15) is 12.5 Å². The molecule has 1 aromatic carbocycles. The van der Waals surface area contributed by atoms with E-state index >= 15 is 0 Å². The molecule has 0 aliphatic rings. The predicted octanol–water partition coefficient (Wildman–Crippen LogP) is -0.177. The van der Waals surface area contributed by atoms with Gasteiger partial charge in [0.15, 0.2) is 0 Å². The first-order valence-corrected chi connectivity index (χ1v) is 7.06. The van der Waals surface area contributed by atoms with Crippen molar-refractivity contribution in [1.29, 1.82) is 0 Å². The number of likely N-dealkylation sites (N-methyl/N-ethyl adjacent to an activating group) is 1. The fraction of sp³-hybridized carbons (Fsp3) is 0.364. The molecular formula is C11H17N3O3S. The topological polar surface area (TPSA) is 101 Å². The van der Waals surface area contributed by atoms with Crippen LogP contribution in [0.2, 0.25) is 0 Å². The Labute approximate surface area is 107 Å². The molecule has 1 atom stereocenters. The van der Waals surface area contributed by atoms with Crippen LogP contribution in [0.4, 0.5) is 5.69 Å². The number of carbonyl (C=O) groups excluding carboxylic acids is 1. The van der Waals surface area contributed by atoms with Crippen molar-refractivity contribution in [2.45, 2.75) is 18.7 Å². The van der Waals surface area contributed by atoms with Crippen LogP contribution in [0, 0.1) is 0 Å². The van der Waals surface area contributed by atoms with E-state index in [1.54, 1.807) is 24.3 Å². The minimum absolute atomic E-state index is 0.249. The first-order valence-electron chi connectivity index (χ1n) is 5.40. The molecule has 0 aromatic heterocycles. The Hall–Kier alpha value is -1.60. The molecule has 0 fully saturated rings. The molecule has 1 unspecified atom stereocenters. The second-order valence-electron chi connectivity index (χ2n) is 3.91. The van der Waals surface area contributed by atoms with Crippen molar-refractivity contribution in [2.75, 3.05) is 12.8 Å². The molecule has 0 bridgehead atoms. The monoisotopic (exact) mass is 271 g/mol. The van der Waals surface area contributed by atoms with Gasteiger partial charge in [0.05, 0.1) is 11.8 Å². The summed E-state index contributed by atoms with van der Waals surface area (Å²) in [4.78, 5) is 11.2. The summed E-state index contributed by atoms with van der Waals surface area (Å²) < 4.78 is 26.0. The molecule has 0 saturated heterocycles. The largest absolute Gasteiger partial charge is 0.398 e. The summed E-state index contributed by atoms with van der Waals surface area (Å²) in [6.45, 7) is 1.48. The van der Waals surface area contributed by atoms with Crippen LogP contribution in [0.15, 0.2) is 24.3 Å². The lowest BCUT2D eigenvalue weighted by Crippen LogP contribution is -2.43. The van der Waals surface area contributed by atoms with Gasteiger partial charge in [-0.15, -0.1) is 0 Å². The van der Waals surface area contributed by atoms with Gasteiger partial charge in [0.25, 0.3) is 0 Å². The molecule has 0 heterocycles. The molecule has 1 amide bonds. The van der Waals surface area contributed by atoms with E-state index in [9.17, 15) is 13.2 Å². The zero-order valence-electron chi connectivity index (χ0n) is 10.3. The number of hydrogen-bond acceptors (Lipinski definition) is 4. The number of benzene rings is 1. The van der Waals surface area contributed by atoms with E-state index in [2.05, 4.69) is 10.0 Å². The zero-order valence-corrected chi connectivity index (χ0v) is 11.1. The lowest BCUT2D eigenvalue weighted by Gasteiger charge is -2.13. The Bertz CT molecular complexity index is 528. The molecule has 0 aliphatic heterocycles. The Morgan fingerprint density at radius 2 is 2.00 bits per heavy atom. The van der Waals surface area contributed by atoms with E-state index < -0.39 is 16.1 Å². The molecule has 7 heteroatoms. The van der Waals surface area contributed by atoms with Crippen molar-refractivity contribution >= 4 is 21.6 Å². The Morgan fingerprint density at radius 1 is 1.39 bits per heavy atom. The lowest BCUT2D eigenvalue weighted by molar-refractivity contribution is -0.121. The third-order valence-corrected chi connectivity index (χ3v) is 3.80. The Kier molecular flexibility index (Phi) is 4.69. The molecular weight excluding hydrogens is 254 g/mol. The van der Waals surface area contributed by atoms with Crippen molar-refractivity contribution < 1.29 is 13.2 Å². The van der Waals surface area contributed by atoms with Crippen LogP contribution < -0.4 is 15.8 Å². The molecule has 1 rings (SSSR count). The molecule has 0 radical (unpaired) electrons. The van der Waals surface area contributed by atoms with Gasteiger partial charge in [-0.1, -0.05) is 18.2 Å². The van der Waals surface area contributed by atoms with Gasteiger partial charge >= 0.3 is 0 Å². The number of nitrogen functional groups attached to an aromatic ring is 1. The number of nitrogens with two attached hydrogens (primary N) is 1. The molecule has 0 saturated carbocycles. The Balaban J connectivity index is 2.77. The highest BCUT2D eigenvalue weighted by Gasteiger charge is 2.20. The maximum Gasteiger partial charge on any atom is 0.237 e. The smallest absolute Gasteiger partial charge is 0.237 e. The summed E-state index contributed by atoms with van der Waals surface area (Å²) in [5, 5.41) is 2.37. The highest BCUT2D eigenvalue weighted by atomic mass is 32.2. The highest BCUT2D eigenvalue weighted by molar-refractivity contribution is 7.88. The van der Waals surface area contributed by atoms with Gasteiger partial charge in [0.1, 0.15) is 0 Å². The van der Waals surface area contributed by atoms with Gasteiger partial charge in [-0.3, -0.25) is 4.79 Å². The molecule has 1 aromatic rings. The molecule has 4 N–H and O–H groups in total. The molecule has 18 heavy (non-hydrogen) atoms. The third-order valence-electron chi connectivity index (χ3n) is 2.40. The van der Waals surface area contributed by atoms with Crippen LogP contribution in [0.25, 0.3) is 0 Å². The number of rotatable bonds is 5. The predicted molar refractivity (Wildman–Crippen MR) is 70.1 cm³/mol. The summed E-state index contributed by atoms with van der Waals surface area (Å²) >= 11 is 0. The van der Waals surface area contributed by atoms with Crippen LogP contribution in [0.3, 0.4) is 0 Å². The second kappa shape index (κ2) is 5.83. The summed E-state index contributed by atoms with van der Waals surface area (Å²) in [6.07, 6.45) is 0. The maximum atomic E-state index is 11.8. The average molecular weight is 271 g/mol. The number of amides is 1. The lowest BCUT2D eigenvalue weighted by atomic mass is 10.2. The van der Waals surface area contributed by atoms with Crippen LogP contribution >= 0.6 is 0 Å². The summed E-state index contributed by atoms with van der Waals surface area (Å²) in [5.74, 6) is -0.638. The number of nitrogens with one attached hydrogen (secondary N) is 2. The van der Waals surface area contributed by atoms with E-state index in [0.29, 0.717) is 11.3 Å². The van der Waals surface area contributed by atoms with E-state index in [0.717, 1.165) is 0 Å². The van der Waals surface area contributed by atoms with Gasteiger partial charge in [0.2, 0.25) is 15.9 Å². The molecule has 6 nitrogen and oxygen atoms in total. The number of carbonyl (C=O) groups is 1. The van der Waals surface area contributed by atoms with Gasteiger partial charge in [-0.05, 0) is 18.6 Å². The van der Waals surface area contributed by atoms with Crippen molar-refractivity contribution in [3.63, 3.8) is 0 Å². The fourth-order valence-electron chi connectivity index (χ4n) is 1.45. The zero-order chi connectivity index (χ0) is 13.8. The van der Waals surface area contributed by atoms with Crippen LogP contribution in [0.5, 0.6) is 0 Å². The number of anilines is 1. The molecule has 100 valence electrons. The minimum atomic E-state index is -3.60. The third kappa shape index (κ3) is 4.01. The summed E-state index contributed by atoms with van der Waals surface area (Å²) in [6, 6.07) is 5.90. The normalized spacial score (nSPS) is 13.0. The summed E-state index contributed by atoms with van der Waals surface area (Å²) in [7, 11) is -2.16. The van der Waals surface area contributed by atoms with E-state index in [-0.39, 0.29) is 11.7 Å². The van der Waals surface area contributed by atoms with Crippen molar-refractivity contribution in [2.24, 2.45) is 0 Å². The average Bonchev–Trinajstić information content (AvgIpc) is 2.30. The van der Waals surface area contributed by atoms with Gasteiger partial charge in [-0.2, -0.15) is 0 Å². The SMILES string of the molecule is CNC(=O)C(C)NS(=O)(=O)Cc1ccccc1N. The van der Waals surface area contributed by atoms with Crippen molar-refractivity contribution in [1.82, 2.24) is 10.0 Å². The maximum absolute atomic E-state index is 11.8. The van der Waals surface area contributed by atoms with Gasteiger partial charge in [-0.25, -0.2) is 13.1 Å². The van der Waals surface area contributed by atoms with Gasteiger partial charge in [0, 0.05) is 12.7 Å².